The summed E-state index contributed by atoms with van der Waals surface area (Å²) in [5.74, 6) is -0.404. The maximum atomic E-state index is 14.5. The molecule has 0 radical (unpaired) electrons. The molecule has 20 heavy (non-hydrogen) atoms. The van der Waals surface area contributed by atoms with Crippen molar-refractivity contribution < 1.29 is 12.8 Å². The number of hydrogen-bond donors (Lipinski definition) is 0. The fourth-order valence-corrected chi connectivity index (χ4v) is 3.56. The molecule has 0 spiro atoms. The lowest BCUT2D eigenvalue weighted by molar-refractivity contribution is 0.606. The molecule has 3 aromatic rings. The van der Waals surface area contributed by atoms with Gasteiger partial charge >= 0.3 is 0 Å². The topological polar surface area (TPSA) is 34.1 Å². The van der Waals surface area contributed by atoms with Gasteiger partial charge in [0.1, 0.15) is 5.82 Å². The molecule has 0 aliphatic carbocycles. The first-order valence-corrected chi connectivity index (χ1v) is 7.57. The van der Waals surface area contributed by atoms with Gasteiger partial charge in [-0.1, -0.05) is 55.1 Å². The molecule has 0 saturated carbocycles. The number of rotatable bonds is 2. The molecule has 4 heteroatoms. The molecule has 100 valence electrons. The average Bonchev–Trinajstić information content (AvgIpc) is 2.47. The van der Waals surface area contributed by atoms with Crippen LogP contribution in [0.15, 0.2) is 65.4 Å². The standard InChI is InChI=1S/C16H11FO2S/c1-2-20(18,19)16-13-9-5-3-7-11(13)15(17)12-8-4-6-10-14(12)16/h2-10H,1H2/i17-1. The second-order valence-corrected chi connectivity index (χ2v) is 6.28. The number of hydrogen-bond acceptors (Lipinski definition) is 2. The van der Waals surface area contributed by atoms with Gasteiger partial charge in [0.05, 0.1) is 4.90 Å². The van der Waals surface area contributed by atoms with Gasteiger partial charge in [-0.15, -0.1) is 0 Å². The highest BCUT2D eigenvalue weighted by molar-refractivity contribution is 7.94. The summed E-state index contributed by atoms with van der Waals surface area (Å²) in [7, 11) is -3.67. The highest BCUT2D eigenvalue weighted by atomic mass is 32.2. The maximum absolute atomic E-state index is 14.5. The van der Waals surface area contributed by atoms with E-state index in [1.807, 2.05) is 0 Å². The fourth-order valence-electron chi connectivity index (χ4n) is 2.43. The minimum atomic E-state index is -3.67. The van der Waals surface area contributed by atoms with E-state index < -0.39 is 15.7 Å². The van der Waals surface area contributed by atoms with E-state index in [4.69, 9.17) is 0 Å². The Morgan fingerprint density at radius 1 is 0.850 bits per heavy atom. The normalized spacial score (nSPS) is 11.8. The van der Waals surface area contributed by atoms with Gasteiger partial charge in [0.2, 0.25) is 0 Å². The van der Waals surface area contributed by atoms with E-state index in [0.717, 1.165) is 5.41 Å². The van der Waals surface area contributed by atoms with Crippen LogP contribution in [0.1, 0.15) is 0 Å². The Morgan fingerprint density at radius 2 is 1.25 bits per heavy atom. The molecule has 0 atom stereocenters. The summed E-state index contributed by atoms with van der Waals surface area (Å²) >= 11 is 0. The lowest BCUT2D eigenvalue weighted by Gasteiger charge is -2.11. The first-order valence-electron chi connectivity index (χ1n) is 6.03. The van der Waals surface area contributed by atoms with Crippen LogP contribution >= 0.6 is 0 Å². The zero-order chi connectivity index (χ0) is 14.3. The van der Waals surface area contributed by atoms with Crippen molar-refractivity contribution in [2.75, 3.05) is 0 Å². The number of fused-ring (bicyclic) bond motifs is 2. The number of halogens is 1. The van der Waals surface area contributed by atoms with Gasteiger partial charge < -0.3 is 0 Å². The zero-order valence-electron chi connectivity index (χ0n) is 10.5. The van der Waals surface area contributed by atoms with Gasteiger partial charge in [0.15, 0.2) is 9.84 Å². The lowest BCUT2D eigenvalue weighted by atomic mass is 10.0. The monoisotopic (exact) mass is 285 g/mol. The van der Waals surface area contributed by atoms with Crippen LogP contribution in [0.4, 0.5) is 4.39 Å². The molecule has 0 aliphatic rings. The number of sulfone groups is 1. The molecule has 0 N–H and O–H groups in total. The predicted molar refractivity (Wildman–Crippen MR) is 78.8 cm³/mol. The third kappa shape index (κ3) is 1.72. The van der Waals surface area contributed by atoms with E-state index in [9.17, 15) is 12.8 Å². The van der Waals surface area contributed by atoms with E-state index in [-0.39, 0.29) is 4.90 Å². The van der Waals surface area contributed by atoms with E-state index in [0.29, 0.717) is 21.5 Å². The molecule has 0 unspecified atom stereocenters. The van der Waals surface area contributed by atoms with E-state index in [2.05, 4.69) is 6.58 Å². The third-order valence-corrected chi connectivity index (χ3v) is 4.77. The molecular weight excluding hydrogens is 274 g/mol. The second-order valence-electron chi connectivity index (χ2n) is 4.45. The van der Waals surface area contributed by atoms with Crippen molar-refractivity contribution in [3.63, 3.8) is 0 Å². The first-order chi connectivity index (χ1) is 9.56. The molecule has 0 heterocycles. The molecule has 0 amide bonds. The van der Waals surface area contributed by atoms with Gasteiger partial charge in [-0.2, -0.15) is 0 Å². The Kier molecular flexibility index (Phi) is 2.83. The highest BCUT2D eigenvalue weighted by Crippen LogP contribution is 2.35. The van der Waals surface area contributed by atoms with Crippen molar-refractivity contribution in [1.82, 2.24) is 0 Å². The Labute approximate surface area is 116 Å². The molecule has 0 bridgehead atoms. The first kappa shape index (κ1) is 12.8. The van der Waals surface area contributed by atoms with Crippen LogP contribution in [-0.2, 0) is 9.84 Å². The summed E-state index contributed by atoms with van der Waals surface area (Å²) < 4.78 is 39.1. The Bertz CT molecular complexity index is 886. The van der Waals surface area contributed by atoms with Crippen LogP contribution in [0.3, 0.4) is 0 Å². The van der Waals surface area contributed by atoms with Crippen molar-refractivity contribution in [2.45, 2.75) is 4.90 Å². The van der Waals surface area contributed by atoms with Crippen molar-refractivity contribution >= 4 is 31.4 Å². The quantitative estimate of drug-likeness (QED) is 0.526. The lowest BCUT2D eigenvalue weighted by Crippen LogP contribution is -2.00. The molecule has 3 rings (SSSR count). The Morgan fingerprint density at radius 3 is 1.65 bits per heavy atom. The molecule has 0 aliphatic heterocycles. The summed E-state index contributed by atoms with van der Waals surface area (Å²) in [6, 6.07) is 13.1. The highest BCUT2D eigenvalue weighted by Gasteiger charge is 2.21. The van der Waals surface area contributed by atoms with Crippen LogP contribution in [0.25, 0.3) is 21.5 Å². The van der Waals surface area contributed by atoms with E-state index in [1.165, 1.54) is 0 Å². The van der Waals surface area contributed by atoms with Crippen LogP contribution < -0.4 is 0 Å². The largest absolute Gasteiger partial charge is 0.219 e. The van der Waals surface area contributed by atoms with Crippen LogP contribution in [0.5, 0.6) is 0 Å². The molecule has 3 aromatic carbocycles. The predicted octanol–water partition coefficient (Wildman–Crippen LogP) is 4.05. The minimum Gasteiger partial charge on any atom is -0.219 e. The van der Waals surface area contributed by atoms with Gasteiger partial charge in [-0.25, -0.2) is 12.8 Å². The fraction of sp³-hybridized carbons (Fsp3) is 0. The van der Waals surface area contributed by atoms with Gasteiger partial charge in [-0.3, -0.25) is 0 Å². The number of benzene rings is 3. The molecule has 0 saturated heterocycles. The molecule has 0 aromatic heterocycles. The van der Waals surface area contributed by atoms with E-state index >= 15 is 0 Å². The SMILES string of the molecule is C=CS(=O)(=O)c1c2ccccc2c([18F])c2ccccc12. The smallest absolute Gasteiger partial charge is 0.200 e. The maximum Gasteiger partial charge on any atom is 0.200 e. The van der Waals surface area contributed by atoms with Crippen molar-refractivity contribution in [3.05, 3.63) is 66.3 Å². The van der Waals surface area contributed by atoms with Gasteiger partial charge in [0.25, 0.3) is 0 Å². The zero-order valence-corrected chi connectivity index (χ0v) is 11.3. The summed E-state index contributed by atoms with van der Waals surface area (Å²) in [5, 5.41) is 2.25. The average molecular weight is 285 g/mol. The summed E-state index contributed by atoms with van der Waals surface area (Å²) in [5.41, 5.74) is 0. The van der Waals surface area contributed by atoms with Crippen molar-refractivity contribution in [3.8, 4) is 0 Å². The summed E-state index contributed by atoms with van der Waals surface area (Å²) in [4.78, 5) is 0.111. The summed E-state index contributed by atoms with van der Waals surface area (Å²) in [6.45, 7) is 3.36. The van der Waals surface area contributed by atoms with Crippen LogP contribution in [0.2, 0.25) is 0 Å². The second kappa shape index (κ2) is 4.42. The summed E-state index contributed by atoms with van der Waals surface area (Å²) in [6.07, 6.45) is 0. The molecular formula is C16H11FO2S. The Balaban J connectivity index is 2.71. The van der Waals surface area contributed by atoms with Crippen LogP contribution in [0, 0.1) is 5.82 Å². The van der Waals surface area contributed by atoms with E-state index in [1.54, 1.807) is 48.5 Å². The van der Waals surface area contributed by atoms with Crippen molar-refractivity contribution in [1.29, 1.82) is 0 Å². The molecule has 0 fully saturated rings. The van der Waals surface area contributed by atoms with Gasteiger partial charge in [0, 0.05) is 27.0 Å². The van der Waals surface area contributed by atoms with Gasteiger partial charge in [-0.05, 0) is 0 Å². The molecule has 2 nitrogen and oxygen atoms in total. The van der Waals surface area contributed by atoms with Crippen molar-refractivity contribution in [2.24, 2.45) is 0 Å². The minimum absolute atomic E-state index is 0.111. The Hall–Kier alpha value is -2.20. The third-order valence-electron chi connectivity index (χ3n) is 3.32. The van der Waals surface area contributed by atoms with Crippen LogP contribution in [-0.4, -0.2) is 8.42 Å².